The summed E-state index contributed by atoms with van der Waals surface area (Å²) in [6.07, 6.45) is 0. The van der Waals surface area contributed by atoms with Gasteiger partial charge in [-0.3, -0.25) is 0 Å². The van der Waals surface area contributed by atoms with E-state index >= 15 is 0 Å². The van der Waals surface area contributed by atoms with Crippen LogP contribution in [0.1, 0.15) is 38.9 Å². The average molecular weight is 408 g/mol. The maximum absolute atomic E-state index is 3.29. The fourth-order valence-electron chi connectivity index (χ4n) is 2.47. The third-order valence-corrected chi connectivity index (χ3v) is 4.02. The predicted octanol–water partition coefficient (Wildman–Crippen LogP) is 5.21. The molecule has 0 spiro atoms. The Morgan fingerprint density at radius 2 is 1.08 bits per heavy atom. The second-order valence-electron chi connectivity index (χ2n) is 6.14. The third kappa shape index (κ3) is 5.44. The molecule has 3 aromatic carbocycles. The summed E-state index contributed by atoms with van der Waals surface area (Å²) in [6.45, 7) is 6.25. The van der Waals surface area contributed by atoms with E-state index in [-0.39, 0.29) is 32.7 Å². The van der Waals surface area contributed by atoms with Gasteiger partial charge in [-0.25, -0.2) is 0 Å². The van der Waals surface area contributed by atoms with Crippen LogP contribution in [0.3, 0.4) is 0 Å². The maximum atomic E-state index is 3.29. The molecular formula is C25H19Y-. The molecule has 1 heteroatoms. The van der Waals surface area contributed by atoms with Gasteiger partial charge in [0.1, 0.15) is 0 Å². The Hall–Kier alpha value is -2.12. The van der Waals surface area contributed by atoms with Gasteiger partial charge in [0.05, 0.1) is 0 Å². The van der Waals surface area contributed by atoms with Crippen molar-refractivity contribution in [3.8, 4) is 23.7 Å². The molecule has 0 saturated heterocycles. The van der Waals surface area contributed by atoms with E-state index in [1.807, 2.05) is 24.3 Å². The van der Waals surface area contributed by atoms with Gasteiger partial charge in [-0.2, -0.15) is 30.3 Å². The van der Waals surface area contributed by atoms with Gasteiger partial charge >= 0.3 is 0 Å². The van der Waals surface area contributed by atoms with Crippen LogP contribution in [0.25, 0.3) is 0 Å². The summed E-state index contributed by atoms with van der Waals surface area (Å²) < 4.78 is 0. The molecule has 0 heterocycles. The topological polar surface area (TPSA) is 0 Å². The third-order valence-electron chi connectivity index (χ3n) is 4.02. The molecule has 0 aliphatic heterocycles. The van der Waals surface area contributed by atoms with Gasteiger partial charge in [0.25, 0.3) is 0 Å². The van der Waals surface area contributed by atoms with Crippen molar-refractivity contribution in [2.24, 2.45) is 0 Å². The summed E-state index contributed by atoms with van der Waals surface area (Å²) in [4.78, 5) is 0. The number of aryl methyl sites for hydroxylation is 3. The van der Waals surface area contributed by atoms with Gasteiger partial charge in [0.2, 0.25) is 0 Å². The van der Waals surface area contributed by atoms with Crippen LogP contribution in [0.15, 0.2) is 60.7 Å². The van der Waals surface area contributed by atoms with Crippen molar-refractivity contribution in [2.45, 2.75) is 20.8 Å². The van der Waals surface area contributed by atoms with Crippen molar-refractivity contribution >= 4 is 0 Å². The maximum Gasteiger partial charge on any atom is 0.0281 e. The first kappa shape index (κ1) is 20.2. The second kappa shape index (κ2) is 9.55. The standard InChI is InChI=1S/C25H19.Y/c1-19-9-11-23(12-10-19)14-16-25-18-20(2)24(17-21(25)3)15-13-22-7-5-4-6-8-22;/h5-12,17-18H,1-3H3;/q-1;. The first-order valence-electron chi connectivity index (χ1n) is 8.30. The van der Waals surface area contributed by atoms with E-state index in [9.17, 15) is 0 Å². The van der Waals surface area contributed by atoms with E-state index in [4.69, 9.17) is 0 Å². The fourth-order valence-corrected chi connectivity index (χ4v) is 2.47. The molecule has 3 rings (SSSR count). The Morgan fingerprint density at radius 3 is 1.58 bits per heavy atom. The molecule has 0 unspecified atom stereocenters. The van der Waals surface area contributed by atoms with Crippen molar-refractivity contribution in [3.05, 3.63) is 106 Å². The van der Waals surface area contributed by atoms with Crippen molar-refractivity contribution in [1.82, 2.24) is 0 Å². The molecule has 0 bridgehead atoms. The van der Waals surface area contributed by atoms with E-state index in [2.05, 4.69) is 86.9 Å². The Balaban J connectivity index is 0.00000243. The Morgan fingerprint density at radius 1 is 0.615 bits per heavy atom. The molecule has 0 aliphatic carbocycles. The average Bonchev–Trinajstić information content (AvgIpc) is 2.63. The number of hydrogen-bond donors (Lipinski definition) is 0. The number of hydrogen-bond acceptors (Lipinski definition) is 0. The normalized spacial score (nSPS) is 9.19. The van der Waals surface area contributed by atoms with Crippen LogP contribution >= 0.6 is 0 Å². The van der Waals surface area contributed by atoms with Gasteiger partial charge in [0.15, 0.2) is 0 Å². The quantitative estimate of drug-likeness (QED) is 0.354. The molecule has 3 aromatic rings. The van der Waals surface area contributed by atoms with Crippen LogP contribution < -0.4 is 0 Å². The first-order valence-corrected chi connectivity index (χ1v) is 8.30. The summed E-state index contributed by atoms with van der Waals surface area (Å²) in [6, 6.07) is 23.2. The molecule has 0 nitrogen and oxygen atoms in total. The SMILES string of the molecule is Cc1ccc(C#Cc2cc(C)c(C#Cc3cc[c-]cc3)cc2C)cc1.[Y]. The Labute approximate surface area is 181 Å². The Kier molecular flexibility index (Phi) is 7.42. The molecule has 0 N–H and O–H groups in total. The van der Waals surface area contributed by atoms with E-state index in [0.29, 0.717) is 0 Å². The van der Waals surface area contributed by atoms with Crippen LogP contribution in [-0.2, 0) is 32.7 Å². The molecule has 0 amide bonds. The number of rotatable bonds is 0. The molecule has 26 heavy (non-hydrogen) atoms. The van der Waals surface area contributed by atoms with Gasteiger partial charge in [0, 0.05) is 49.4 Å². The Bertz CT molecular complexity index is 1010. The minimum Gasteiger partial charge on any atom is -0.184 e. The summed E-state index contributed by atoms with van der Waals surface area (Å²) in [5.41, 5.74) is 7.68. The molecule has 0 fully saturated rings. The summed E-state index contributed by atoms with van der Waals surface area (Å²) in [7, 11) is 0. The van der Waals surface area contributed by atoms with Crippen molar-refractivity contribution < 1.29 is 32.7 Å². The summed E-state index contributed by atoms with van der Waals surface area (Å²) in [5, 5.41) is 0. The molecular weight excluding hydrogens is 389 g/mol. The summed E-state index contributed by atoms with van der Waals surface area (Å²) >= 11 is 0. The van der Waals surface area contributed by atoms with E-state index in [1.54, 1.807) is 0 Å². The van der Waals surface area contributed by atoms with Gasteiger partial charge in [-0.15, -0.1) is 0 Å². The molecule has 0 aliphatic rings. The van der Waals surface area contributed by atoms with Gasteiger partial charge in [-0.1, -0.05) is 46.9 Å². The number of benzene rings is 3. The van der Waals surface area contributed by atoms with Crippen LogP contribution in [0, 0.1) is 50.5 Å². The summed E-state index contributed by atoms with van der Waals surface area (Å²) in [5.74, 6) is 13.0. The molecule has 0 atom stereocenters. The zero-order valence-electron chi connectivity index (χ0n) is 15.4. The van der Waals surface area contributed by atoms with E-state index in [1.165, 1.54) is 5.56 Å². The van der Waals surface area contributed by atoms with Crippen molar-refractivity contribution in [1.29, 1.82) is 0 Å². The van der Waals surface area contributed by atoms with Crippen LogP contribution in [0.2, 0.25) is 0 Å². The first-order chi connectivity index (χ1) is 12.1. The van der Waals surface area contributed by atoms with Crippen LogP contribution in [0.4, 0.5) is 0 Å². The van der Waals surface area contributed by atoms with Crippen LogP contribution in [-0.4, -0.2) is 0 Å². The second-order valence-corrected chi connectivity index (χ2v) is 6.14. The van der Waals surface area contributed by atoms with E-state index in [0.717, 1.165) is 33.4 Å². The molecule has 1 radical (unpaired) electrons. The van der Waals surface area contributed by atoms with E-state index < -0.39 is 0 Å². The molecule has 123 valence electrons. The van der Waals surface area contributed by atoms with Crippen LogP contribution in [0.5, 0.6) is 0 Å². The fraction of sp³-hybridized carbons (Fsp3) is 0.120. The largest absolute Gasteiger partial charge is 0.184 e. The van der Waals surface area contributed by atoms with Gasteiger partial charge in [-0.05, 0) is 56.2 Å². The zero-order chi connectivity index (χ0) is 17.6. The smallest absolute Gasteiger partial charge is 0.0281 e. The van der Waals surface area contributed by atoms with Gasteiger partial charge < -0.3 is 0 Å². The molecule has 0 aromatic heterocycles. The van der Waals surface area contributed by atoms with Crippen molar-refractivity contribution in [3.63, 3.8) is 0 Å². The predicted molar refractivity (Wildman–Crippen MR) is 104 cm³/mol. The monoisotopic (exact) mass is 408 g/mol. The molecule has 0 saturated carbocycles. The van der Waals surface area contributed by atoms with Crippen molar-refractivity contribution in [2.75, 3.05) is 0 Å². The minimum atomic E-state index is 0. The minimum absolute atomic E-state index is 0. The zero-order valence-corrected chi connectivity index (χ0v) is 18.2.